The number of aryl methyl sites for hydroxylation is 1. The molecule has 1 amide bonds. The summed E-state index contributed by atoms with van der Waals surface area (Å²) in [4.78, 5) is 20.3. The molecule has 0 aliphatic rings. The molecule has 3 aromatic heterocycles. The molecule has 3 aromatic rings. The topological polar surface area (TPSA) is 98.7 Å². The van der Waals surface area contributed by atoms with Gasteiger partial charge in [0.25, 0.3) is 5.91 Å². The van der Waals surface area contributed by atoms with Crippen molar-refractivity contribution in [3.05, 3.63) is 54.6 Å². The maximum Gasteiger partial charge on any atom is 0.259 e. The monoisotopic (exact) mass is 294 g/mol. The summed E-state index contributed by atoms with van der Waals surface area (Å²) in [5.41, 5.74) is 8.23. The van der Waals surface area contributed by atoms with E-state index >= 15 is 0 Å². The highest BCUT2D eigenvalue weighted by Gasteiger charge is 2.14. The lowest BCUT2D eigenvalue weighted by Gasteiger charge is -2.08. The second-order valence-electron chi connectivity index (χ2n) is 4.72. The Kier molecular flexibility index (Phi) is 3.53. The Morgan fingerprint density at radius 2 is 2.05 bits per heavy atom. The van der Waals surface area contributed by atoms with Gasteiger partial charge in [0.1, 0.15) is 5.82 Å². The number of hydrogen-bond donors (Lipinski definition) is 2. The summed E-state index contributed by atoms with van der Waals surface area (Å²) in [6.07, 6.45) is 6.62. The van der Waals surface area contributed by atoms with E-state index in [1.165, 1.54) is 0 Å². The van der Waals surface area contributed by atoms with E-state index in [-0.39, 0.29) is 11.7 Å². The minimum atomic E-state index is -0.325. The first kappa shape index (κ1) is 13.7. The van der Waals surface area contributed by atoms with Crippen molar-refractivity contribution in [2.75, 3.05) is 11.1 Å². The van der Waals surface area contributed by atoms with Gasteiger partial charge in [0.2, 0.25) is 0 Å². The number of nitrogens with one attached hydrogen (secondary N) is 1. The van der Waals surface area contributed by atoms with E-state index in [9.17, 15) is 4.79 Å². The molecule has 0 unspecified atom stereocenters. The summed E-state index contributed by atoms with van der Waals surface area (Å²) < 4.78 is 1.68. The fraction of sp³-hybridized carbons (Fsp3) is 0.0667. The highest BCUT2D eigenvalue weighted by molar-refractivity contribution is 6.07. The van der Waals surface area contributed by atoms with Gasteiger partial charge in [-0.25, -0.2) is 4.98 Å². The molecule has 0 aliphatic carbocycles. The fourth-order valence-electron chi connectivity index (χ4n) is 2.00. The molecular weight excluding hydrogens is 280 g/mol. The van der Waals surface area contributed by atoms with Crippen LogP contribution in [0.1, 0.15) is 10.4 Å². The van der Waals surface area contributed by atoms with Crippen LogP contribution in [0, 0.1) is 0 Å². The second-order valence-corrected chi connectivity index (χ2v) is 4.72. The molecule has 22 heavy (non-hydrogen) atoms. The van der Waals surface area contributed by atoms with Gasteiger partial charge in [0.05, 0.1) is 11.3 Å². The van der Waals surface area contributed by atoms with Crippen molar-refractivity contribution < 1.29 is 4.79 Å². The first-order chi connectivity index (χ1) is 10.6. The first-order valence-electron chi connectivity index (χ1n) is 6.60. The predicted molar refractivity (Wildman–Crippen MR) is 83.0 cm³/mol. The van der Waals surface area contributed by atoms with Crippen LogP contribution in [-0.4, -0.2) is 25.7 Å². The van der Waals surface area contributed by atoms with Gasteiger partial charge in [-0.1, -0.05) is 0 Å². The van der Waals surface area contributed by atoms with Crippen molar-refractivity contribution in [3.8, 4) is 11.3 Å². The summed E-state index contributed by atoms with van der Waals surface area (Å²) >= 11 is 0. The number of hydrogen-bond acceptors (Lipinski definition) is 5. The van der Waals surface area contributed by atoms with Crippen molar-refractivity contribution in [1.82, 2.24) is 19.7 Å². The molecule has 0 saturated heterocycles. The van der Waals surface area contributed by atoms with Crippen LogP contribution in [0.25, 0.3) is 11.3 Å². The Labute approximate surface area is 126 Å². The molecule has 7 heteroatoms. The first-order valence-corrected chi connectivity index (χ1v) is 6.60. The minimum absolute atomic E-state index is 0.172. The van der Waals surface area contributed by atoms with Crippen LogP contribution in [0.2, 0.25) is 0 Å². The maximum atomic E-state index is 12.3. The van der Waals surface area contributed by atoms with Crippen molar-refractivity contribution in [1.29, 1.82) is 0 Å². The summed E-state index contributed by atoms with van der Waals surface area (Å²) in [6, 6.07) is 6.92. The summed E-state index contributed by atoms with van der Waals surface area (Å²) in [5, 5.41) is 7.05. The lowest BCUT2D eigenvalue weighted by atomic mass is 10.1. The van der Waals surface area contributed by atoms with Gasteiger partial charge in [-0.15, -0.1) is 0 Å². The average Bonchev–Trinajstić information content (AvgIpc) is 2.95. The van der Waals surface area contributed by atoms with Gasteiger partial charge in [-0.05, 0) is 24.3 Å². The predicted octanol–water partition coefficient (Wildman–Crippen LogP) is 1.71. The molecule has 110 valence electrons. The SMILES string of the molecule is Cn1ccc(-c2cnc(N)c(C(=O)Nc3ccncc3)c2)n1. The Balaban J connectivity index is 1.91. The van der Waals surface area contributed by atoms with E-state index in [2.05, 4.69) is 20.4 Å². The molecule has 3 rings (SSSR count). The van der Waals surface area contributed by atoms with E-state index < -0.39 is 0 Å². The molecule has 0 aromatic carbocycles. The number of amides is 1. The van der Waals surface area contributed by atoms with E-state index in [4.69, 9.17) is 5.73 Å². The van der Waals surface area contributed by atoms with Gasteiger partial charge in [-0.3, -0.25) is 14.5 Å². The van der Waals surface area contributed by atoms with E-state index in [0.29, 0.717) is 11.3 Å². The van der Waals surface area contributed by atoms with Gasteiger partial charge in [0, 0.05) is 43.1 Å². The third kappa shape index (κ3) is 2.78. The smallest absolute Gasteiger partial charge is 0.259 e. The molecule has 7 nitrogen and oxygen atoms in total. The van der Waals surface area contributed by atoms with Gasteiger partial charge in [0.15, 0.2) is 0 Å². The summed E-state index contributed by atoms with van der Waals surface area (Å²) in [7, 11) is 1.82. The van der Waals surface area contributed by atoms with Gasteiger partial charge < -0.3 is 11.1 Å². The van der Waals surface area contributed by atoms with Crippen LogP contribution in [0.4, 0.5) is 11.5 Å². The molecule has 3 N–H and O–H groups in total. The number of nitrogens with zero attached hydrogens (tertiary/aromatic N) is 4. The Bertz CT molecular complexity index is 812. The third-order valence-electron chi connectivity index (χ3n) is 3.11. The van der Waals surface area contributed by atoms with Crippen molar-refractivity contribution in [3.63, 3.8) is 0 Å². The minimum Gasteiger partial charge on any atom is -0.383 e. The summed E-state index contributed by atoms with van der Waals surface area (Å²) in [5.74, 6) is -0.153. The van der Waals surface area contributed by atoms with Crippen LogP contribution >= 0.6 is 0 Å². The van der Waals surface area contributed by atoms with Crippen LogP contribution < -0.4 is 11.1 Å². The fourth-order valence-corrected chi connectivity index (χ4v) is 2.00. The maximum absolute atomic E-state index is 12.3. The van der Waals surface area contributed by atoms with Crippen LogP contribution in [0.3, 0.4) is 0 Å². The quantitative estimate of drug-likeness (QED) is 0.766. The van der Waals surface area contributed by atoms with Crippen molar-refractivity contribution >= 4 is 17.4 Å². The van der Waals surface area contributed by atoms with Crippen molar-refractivity contribution in [2.45, 2.75) is 0 Å². The average molecular weight is 294 g/mol. The molecule has 0 aliphatic heterocycles. The lowest BCUT2D eigenvalue weighted by molar-refractivity contribution is 0.102. The number of nitrogens with two attached hydrogens (primary N) is 1. The third-order valence-corrected chi connectivity index (χ3v) is 3.11. The van der Waals surface area contributed by atoms with Crippen LogP contribution in [-0.2, 0) is 7.05 Å². The van der Waals surface area contributed by atoms with Crippen molar-refractivity contribution in [2.24, 2.45) is 7.05 Å². The molecule has 0 fully saturated rings. The number of pyridine rings is 2. The van der Waals surface area contributed by atoms with Gasteiger partial charge in [-0.2, -0.15) is 5.10 Å². The molecule has 0 spiro atoms. The van der Waals surface area contributed by atoms with E-state index in [0.717, 1.165) is 11.3 Å². The van der Waals surface area contributed by atoms with E-state index in [1.54, 1.807) is 41.5 Å². The van der Waals surface area contributed by atoms with E-state index in [1.807, 2.05) is 19.3 Å². The molecule has 0 atom stereocenters. The number of carbonyl (C=O) groups excluding carboxylic acids is 1. The zero-order chi connectivity index (χ0) is 15.5. The highest BCUT2D eigenvalue weighted by atomic mass is 16.1. The number of carbonyl (C=O) groups is 1. The highest BCUT2D eigenvalue weighted by Crippen LogP contribution is 2.21. The lowest BCUT2D eigenvalue weighted by Crippen LogP contribution is -2.15. The zero-order valence-corrected chi connectivity index (χ0v) is 11.9. The van der Waals surface area contributed by atoms with Crippen LogP contribution in [0.5, 0.6) is 0 Å². The molecular formula is C15H14N6O. The normalized spacial score (nSPS) is 10.4. The Hall–Kier alpha value is -3.22. The molecule has 0 bridgehead atoms. The summed E-state index contributed by atoms with van der Waals surface area (Å²) in [6.45, 7) is 0. The molecule has 0 saturated carbocycles. The zero-order valence-electron chi connectivity index (χ0n) is 11.9. The second kappa shape index (κ2) is 5.65. The Morgan fingerprint density at radius 1 is 1.27 bits per heavy atom. The molecule has 0 radical (unpaired) electrons. The van der Waals surface area contributed by atoms with Gasteiger partial charge >= 0.3 is 0 Å². The molecule has 3 heterocycles. The number of nitrogen functional groups attached to an aromatic ring is 1. The number of anilines is 2. The standard InChI is InChI=1S/C15H14N6O/c1-21-7-4-13(20-21)10-8-12(14(16)18-9-10)15(22)19-11-2-5-17-6-3-11/h2-9H,1H3,(H2,16,18)(H,17,19,22). The largest absolute Gasteiger partial charge is 0.383 e. The Morgan fingerprint density at radius 3 is 2.73 bits per heavy atom. The number of aromatic nitrogens is 4. The number of rotatable bonds is 3. The van der Waals surface area contributed by atoms with Crippen LogP contribution in [0.15, 0.2) is 49.1 Å².